The molecule has 0 bridgehead atoms. The predicted octanol–water partition coefficient (Wildman–Crippen LogP) is 3.01. The topological polar surface area (TPSA) is 32.3 Å². The fourth-order valence-electron chi connectivity index (χ4n) is 1.92. The molecule has 0 heterocycles. The number of amides is 1. The van der Waals surface area contributed by atoms with Gasteiger partial charge in [-0.15, -0.1) is 11.8 Å². The molecule has 4 heteroatoms. The molecule has 1 N–H and O–H groups in total. The Morgan fingerprint density at radius 2 is 1.90 bits per heavy atom. The number of benzene rings is 1. The van der Waals surface area contributed by atoms with E-state index in [1.165, 1.54) is 4.90 Å². The minimum atomic E-state index is 0.199. The summed E-state index contributed by atoms with van der Waals surface area (Å²) in [5.74, 6) is 1.19. The summed E-state index contributed by atoms with van der Waals surface area (Å²) >= 11 is 1.84. The van der Waals surface area contributed by atoms with Crippen LogP contribution >= 0.6 is 11.8 Å². The summed E-state index contributed by atoms with van der Waals surface area (Å²) in [5, 5.41) is 3.55. The van der Waals surface area contributed by atoms with E-state index in [0.717, 1.165) is 12.2 Å². The van der Waals surface area contributed by atoms with E-state index in [9.17, 15) is 4.79 Å². The monoisotopic (exact) mass is 294 g/mol. The molecule has 0 aliphatic heterocycles. The largest absolute Gasteiger partial charge is 0.349 e. The Bertz CT molecular complexity index is 393. The molecule has 0 radical (unpaired) electrons. The standard InChI is InChI=1S/C16H26N2OS/c1-13(2)17-14(10-11-16(19)18(3)4)12-20-15-8-6-5-7-9-15/h5-9,13-14,17H,10-12H2,1-4H3. The van der Waals surface area contributed by atoms with Gasteiger partial charge in [0.1, 0.15) is 0 Å². The molecule has 3 nitrogen and oxygen atoms in total. The Hall–Kier alpha value is -1.00. The molecule has 1 aromatic rings. The Balaban J connectivity index is 2.45. The van der Waals surface area contributed by atoms with Gasteiger partial charge in [-0.2, -0.15) is 0 Å². The second-order valence-electron chi connectivity index (χ2n) is 5.47. The van der Waals surface area contributed by atoms with E-state index >= 15 is 0 Å². The molecule has 1 amide bonds. The van der Waals surface area contributed by atoms with Gasteiger partial charge in [0.15, 0.2) is 0 Å². The first-order chi connectivity index (χ1) is 9.49. The minimum Gasteiger partial charge on any atom is -0.349 e. The highest BCUT2D eigenvalue weighted by Crippen LogP contribution is 2.19. The third-order valence-corrected chi connectivity index (χ3v) is 4.14. The first kappa shape index (κ1) is 17.1. The zero-order valence-electron chi connectivity index (χ0n) is 12.9. The number of carbonyl (C=O) groups excluding carboxylic acids is 1. The van der Waals surface area contributed by atoms with Crippen LogP contribution in [0, 0.1) is 0 Å². The summed E-state index contributed by atoms with van der Waals surface area (Å²) < 4.78 is 0. The fraction of sp³-hybridized carbons (Fsp3) is 0.562. The fourth-order valence-corrected chi connectivity index (χ4v) is 2.93. The van der Waals surface area contributed by atoms with Crippen molar-refractivity contribution in [3.8, 4) is 0 Å². The van der Waals surface area contributed by atoms with Gasteiger partial charge < -0.3 is 10.2 Å². The van der Waals surface area contributed by atoms with E-state index in [4.69, 9.17) is 0 Å². The predicted molar refractivity (Wildman–Crippen MR) is 87.2 cm³/mol. The summed E-state index contributed by atoms with van der Waals surface area (Å²) in [6.07, 6.45) is 1.49. The molecule has 0 aromatic heterocycles. The number of carbonyl (C=O) groups is 1. The van der Waals surface area contributed by atoms with E-state index in [1.807, 2.05) is 31.9 Å². The normalized spacial score (nSPS) is 12.4. The first-order valence-corrected chi connectivity index (χ1v) is 8.11. The third-order valence-electron chi connectivity index (χ3n) is 2.97. The van der Waals surface area contributed by atoms with Crippen molar-refractivity contribution >= 4 is 17.7 Å². The number of hydrogen-bond acceptors (Lipinski definition) is 3. The van der Waals surface area contributed by atoms with Crippen LogP contribution in [0.1, 0.15) is 26.7 Å². The lowest BCUT2D eigenvalue weighted by Crippen LogP contribution is -2.37. The van der Waals surface area contributed by atoms with Crippen LogP contribution in [0.5, 0.6) is 0 Å². The third kappa shape index (κ3) is 6.96. The Morgan fingerprint density at radius 3 is 2.45 bits per heavy atom. The molecule has 0 spiro atoms. The quantitative estimate of drug-likeness (QED) is 0.748. The highest BCUT2D eigenvalue weighted by atomic mass is 32.2. The number of nitrogens with one attached hydrogen (secondary N) is 1. The van der Waals surface area contributed by atoms with E-state index in [2.05, 4.69) is 43.4 Å². The van der Waals surface area contributed by atoms with Crippen molar-refractivity contribution in [3.05, 3.63) is 30.3 Å². The van der Waals surface area contributed by atoms with E-state index < -0.39 is 0 Å². The first-order valence-electron chi connectivity index (χ1n) is 7.13. The molecule has 20 heavy (non-hydrogen) atoms. The summed E-state index contributed by atoms with van der Waals surface area (Å²) in [5.41, 5.74) is 0. The van der Waals surface area contributed by atoms with Crippen molar-refractivity contribution < 1.29 is 4.79 Å². The average Bonchev–Trinajstić information content (AvgIpc) is 2.42. The van der Waals surface area contributed by atoms with E-state index in [1.54, 1.807) is 4.90 Å². The average molecular weight is 294 g/mol. The van der Waals surface area contributed by atoms with Gasteiger partial charge >= 0.3 is 0 Å². The van der Waals surface area contributed by atoms with Crippen LogP contribution in [0.3, 0.4) is 0 Å². The molecule has 0 aliphatic carbocycles. The molecule has 1 atom stereocenters. The summed E-state index contributed by atoms with van der Waals surface area (Å²) in [6, 6.07) is 11.2. The maximum absolute atomic E-state index is 11.7. The highest BCUT2D eigenvalue weighted by molar-refractivity contribution is 7.99. The van der Waals surface area contributed by atoms with E-state index in [-0.39, 0.29) is 5.91 Å². The highest BCUT2D eigenvalue weighted by Gasteiger charge is 2.13. The SMILES string of the molecule is CC(C)NC(CCC(=O)N(C)C)CSc1ccccc1. The smallest absolute Gasteiger partial charge is 0.222 e. The molecule has 1 unspecified atom stereocenters. The van der Waals surface area contributed by atoms with Gasteiger partial charge in [0, 0.05) is 43.2 Å². The second kappa shape index (κ2) is 9.03. The van der Waals surface area contributed by atoms with Crippen molar-refractivity contribution in [1.29, 1.82) is 0 Å². The molecule has 0 fully saturated rings. The zero-order valence-corrected chi connectivity index (χ0v) is 13.7. The van der Waals surface area contributed by atoms with Crippen molar-refractivity contribution in [2.75, 3.05) is 19.8 Å². The summed E-state index contributed by atoms with van der Waals surface area (Å²) in [6.45, 7) is 4.29. The number of nitrogens with zero attached hydrogens (tertiary/aromatic N) is 1. The Labute approximate surface area is 127 Å². The van der Waals surface area contributed by atoms with Crippen molar-refractivity contribution in [1.82, 2.24) is 10.2 Å². The molecule has 112 valence electrons. The van der Waals surface area contributed by atoms with Crippen LogP contribution < -0.4 is 5.32 Å². The van der Waals surface area contributed by atoms with Crippen LogP contribution in [0.25, 0.3) is 0 Å². The number of rotatable bonds is 8. The van der Waals surface area contributed by atoms with Crippen molar-refractivity contribution in [2.24, 2.45) is 0 Å². The lowest BCUT2D eigenvalue weighted by molar-refractivity contribution is -0.128. The van der Waals surface area contributed by atoms with Crippen molar-refractivity contribution in [3.63, 3.8) is 0 Å². The van der Waals surface area contributed by atoms with Gasteiger partial charge in [-0.1, -0.05) is 32.0 Å². The number of hydrogen-bond donors (Lipinski definition) is 1. The number of thioether (sulfide) groups is 1. The molecule has 1 rings (SSSR count). The molecule has 0 saturated carbocycles. The van der Waals surface area contributed by atoms with Crippen LogP contribution in [0.4, 0.5) is 0 Å². The van der Waals surface area contributed by atoms with Gasteiger partial charge in [-0.05, 0) is 18.6 Å². The zero-order chi connectivity index (χ0) is 15.0. The van der Waals surface area contributed by atoms with Gasteiger partial charge in [-0.3, -0.25) is 4.79 Å². The second-order valence-corrected chi connectivity index (χ2v) is 6.56. The van der Waals surface area contributed by atoms with Gasteiger partial charge in [0.2, 0.25) is 5.91 Å². The summed E-state index contributed by atoms with van der Waals surface area (Å²) in [7, 11) is 3.62. The van der Waals surface area contributed by atoms with E-state index in [0.29, 0.717) is 18.5 Å². The van der Waals surface area contributed by atoms with Crippen LogP contribution in [-0.2, 0) is 4.79 Å². The van der Waals surface area contributed by atoms with Crippen LogP contribution in [0.15, 0.2) is 35.2 Å². The van der Waals surface area contributed by atoms with Gasteiger partial charge in [-0.25, -0.2) is 0 Å². The van der Waals surface area contributed by atoms with Crippen molar-refractivity contribution in [2.45, 2.75) is 43.7 Å². The maximum atomic E-state index is 11.7. The Kier molecular flexibility index (Phi) is 7.70. The van der Waals surface area contributed by atoms with Gasteiger partial charge in [0.05, 0.1) is 0 Å². The van der Waals surface area contributed by atoms with Crippen LogP contribution in [-0.4, -0.2) is 42.7 Å². The maximum Gasteiger partial charge on any atom is 0.222 e. The lowest BCUT2D eigenvalue weighted by atomic mass is 10.1. The van der Waals surface area contributed by atoms with Gasteiger partial charge in [0.25, 0.3) is 0 Å². The molecular weight excluding hydrogens is 268 g/mol. The lowest BCUT2D eigenvalue weighted by Gasteiger charge is -2.21. The molecular formula is C16H26N2OS. The summed E-state index contributed by atoms with van der Waals surface area (Å²) in [4.78, 5) is 14.6. The molecule has 0 saturated heterocycles. The Morgan fingerprint density at radius 1 is 1.25 bits per heavy atom. The van der Waals surface area contributed by atoms with Crippen LogP contribution in [0.2, 0.25) is 0 Å². The minimum absolute atomic E-state index is 0.199. The molecule has 0 aliphatic rings. The molecule has 1 aromatic carbocycles.